The summed E-state index contributed by atoms with van der Waals surface area (Å²) in [6.07, 6.45) is -1.00. The first-order valence-electron chi connectivity index (χ1n) is 6.19. The number of esters is 1. The van der Waals surface area contributed by atoms with Crippen LogP contribution >= 0.6 is 0 Å². The number of rotatable bonds is 7. The van der Waals surface area contributed by atoms with E-state index in [9.17, 15) is 19.7 Å². The third kappa shape index (κ3) is 6.37. The average Bonchev–Trinajstić information content (AvgIpc) is 2.49. The van der Waals surface area contributed by atoms with Gasteiger partial charge in [-0.05, 0) is 5.56 Å². The summed E-state index contributed by atoms with van der Waals surface area (Å²) in [7, 11) is 1.14. The van der Waals surface area contributed by atoms with Crippen molar-refractivity contribution >= 4 is 12.1 Å². The standard InChI is InChI=1S/C13H16N2O6/c1-20-12(16)11(7-8-15(18)19)14-13(17)21-9-10-5-3-2-4-6-10/h2-6,11H,7-9H2,1H3,(H,14,17). The highest BCUT2D eigenvalue weighted by molar-refractivity contribution is 5.81. The van der Waals surface area contributed by atoms with Crippen LogP contribution in [0.15, 0.2) is 30.3 Å². The van der Waals surface area contributed by atoms with E-state index in [1.807, 2.05) is 6.07 Å². The van der Waals surface area contributed by atoms with E-state index in [0.29, 0.717) is 0 Å². The second-order valence-corrected chi connectivity index (χ2v) is 4.13. The van der Waals surface area contributed by atoms with Crippen molar-refractivity contribution in [1.82, 2.24) is 5.32 Å². The van der Waals surface area contributed by atoms with Gasteiger partial charge in [0.05, 0.1) is 7.11 Å². The van der Waals surface area contributed by atoms with Gasteiger partial charge in [0.2, 0.25) is 6.54 Å². The number of benzene rings is 1. The minimum absolute atomic E-state index is 0.0375. The predicted octanol–water partition coefficient (Wildman–Crippen LogP) is 1.12. The highest BCUT2D eigenvalue weighted by Crippen LogP contribution is 2.02. The fourth-order valence-electron chi connectivity index (χ4n) is 1.53. The predicted molar refractivity (Wildman–Crippen MR) is 72.0 cm³/mol. The molecule has 1 rings (SSSR count). The Bertz CT molecular complexity index is 491. The van der Waals surface area contributed by atoms with Gasteiger partial charge in [-0.2, -0.15) is 0 Å². The maximum Gasteiger partial charge on any atom is 0.408 e. The van der Waals surface area contributed by atoms with Gasteiger partial charge in [-0.1, -0.05) is 30.3 Å². The van der Waals surface area contributed by atoms with Crippen LogP contribution in [0, 0.1) is 10.1 Å². The molecule has 1 unspecified atom stereocenters. The van der Waals surface area contributed by atoms with Crippen molar-refractivity contribution < 1.29 is 24.0 Å². The number of carbonyl (C=O) groups is 2. The first-order chi connectivity index (χ1) is 10.0. The molecule has 8 nitrogen and oxygen atoms in total. The molecule has 0 bridgehead atoms. The smallest absolute Gasteiger partial charge is 0.408 e. The minimum atomic E-state index is -1.11. The van der Waals surface area contributed by atoms with Gasteiger partial charge in [0.1, 0.15) is 12.6 Å². The Hall–Kier alpha value is -2.64. The van der Waals surface area contributed by atoms with Gasteiger partial charge in [-0.15, -0.1) is 0 Å². The fraction of sp³-hybridized carbons (Fsp3) is 0.385. The van der Waals surface area contributed by atoms with Crippen LogP contribution in [0.3, 0.4) is 0 Å². The van der Waals surface area contributed by atoms with Crippen LogP contribution < -0.4 is 5.32 Å². The molecule has 0 aliphatic rings. The Morgan fingerprint density at radius 3 is 2.57 bits per heavy atom. The van der Waals surface area contributed by atoms with Gasteiger partial charge in [0, 0.05) is 11.3 Å². The van der Waals surface area contributed by atoms with Crippen LogP contribution in [0.2, 0.25) is 0 Å². The summed E-state index contributed by atoms with van der Waals surface area (Å²) >= 11 is 0. The Morgan fingerprint density at radius 2 is 2.00 bits per heavy atom. The molecule has 0 aliphatic carbocycles. The lowest BCUT2D eigenvalue weighted by Crippen LogP contribution is -2.42. The molecule has 21 heavy (non-hydrogen) atoms. The number of carbonyl (C=O) groups excluding carboxylic acids is 2. The molecule has 1 amide bonds. The Balaban J connectivity index is 2.47. The number of methoxy groups -OCH3 is 1. The van der Waals surface area contributed by atoms with Crippen molar-refractivity contribution in [1.29, 1.82) is 0 Å². The van der Waals surface area contributed by atoms with E-state index in [1.54, 1.807) is 24.3 Å². The quantitative estimate of drug-likeness (QED) is 0.459. The molecule has 0 radical (unpaired) electrons. The largest absolute Gasteiger partial charge is 0.467 e. The second-order valence-electron chi connectivity index (χ2n) is 4.13. The number of amides is 1. The van der Waals surface area contributed by atoms with Crippen LogP contribution in [0.4, 0.5) is 4.79 Å². The topological polar surface area (TPSA) is 108 Å². The van der Waals surface area contributed by atoms with Crippen molar-refractivity contribution in [2.45, 2.75) is 19.1 Å². The van der Waals surface area contributed by atoms with Crippen molar-refractivity contribution in [2.24, 2.45) is 0 Å². The van der Waals surface area contributed by atoms with Crippen molar-refractivity contribution in [3.05, 3.63) is 46.0 Å². The molecule has 1 aromatic carbocycles. The number of hydrogen-bond acceptors (Lipinski definition) is 6. The van der Waals surface area contributed by atoms with Crippen molar-refractivity contribution in [3.63, 3.8) is 0 Å². The average molecular weight is 296 g/mol. The SMILES string of the molecule is COC(=O)C(CC[N+](=O)[O-])NC(=O)OCc1ccccc1. The van der Waals surface area contributed by atoms with Crippen molar-refractivity contribution in [2.75, 3.05) is 13.7 Å². The number of ether oxygens (including phenoxy) is 2. The van der Waals surface area contributed by atoms with Crippen LogP contribution in [-0.2, 0) is 20.9 Å². The maximum atomic E-state index is 11.6. The van der Waals surface area contributed by atoms with E-state index in [2.05, 4.69) is 10.1 Å². The molecule has 1 N–H and O–H groups in total. The molecule has 0 aromatic heterocycles. The number of nitro groups is 1. The van der Waals surface area contributed by atoms with Crippen LogP contribution in [0.1, 0.15) is 12.0 Å². The van der Waals surface area contributed by atoms with Crippen molar-refractivity contribution in [3.8, 4) is 0 Å². The Kier molecular flexibility index (Phi) is 6.66. The molecular formula is C13H16N2O6. The number of hydrogen-bond donors (Lipinski definition) is 1. The molecule has 0 fully saturated rings. The zero-order chi connectivity index (χ0) is 15.7. The molecule has 0 saturated carbocycles. The summed E-state index contributed by atoms with van der Waals surface area (Å²) < 4.78 is 9.41. The summed E-state index contributed by atoms with van der Waals surface area (Å²) in [5, 5.41) is 12.6. The molecule has 0 aliphatic heterocycles. The van der Waals surface area contributed by atoms with E-state index < -0.39 is 29.6 Å². The van der Waals surface area contributed by atoms with E-state index in [-0.39, 0.29) is 13.0 Å². The number of nitrogens with zero attached hydrogens (tertiary/aromatic N) is 1. The minimum Gasteiger partial charge on any atom is -0.467 e. The van der Waals surface area contributed by atoms with Crippen LogP contribution in [-0.4, -0.2) is 36.7 Å². The molecule has 0 heterocycles. The van der Waals surface area contributed by atoms with E-state index in [1.165, 1.54) is 0 Å². The second kappa shape index (κ2) is 8.51. The monoisotopic (exact) mass is 296 g/mol. The molecule has 1 atom stereocenters. The zero-order valence-electron chi connectivity index (χ0n) is 11.5. The van der Waals surface area contributed by atoms with Crippen LogP contribution in [0.5, 0.6) is 0 Å². The van der Waals surface area contributed by atoms with Gasteiger partial charge >= 0.3 is 12.1 Å². The highest BCUT2D eigenvalue weighted by Gasteiger charge is 2.24. The fourth-order valence-corrected chi connectivity index (χ4v) is 1.53. The lowest BCUT2D eigenvalue weighted by Gasteiger charge is -2.14. The summed E-state index contributed by atoms with van der Waals surface area (Å²) in [5.41, 5.74) is 0.785. The zero-order valence-corrected chi connectivity index (χ0v) is 11.5. The lowest BCUT2D eigenvalue weighted by molar-refractivity contribution is -0.480. The first-order valence-corrected chi connectivity index (χ1v) is 6.19. The van der Waals surface area contributed by atoms with Gasteiger partial charge < -0.3 is 14.8 Å². The Labute approximate surface area is 121 Å². The first kappa shape index (κ1) is 16.4. The summed E-state index contributed by atoms with van der Waals surface area (Å²) in [6, 6.07) is 7.86. The van der Waals surface area contributed by atoms with E-state index >= 15 is 0 Å². The third-order valence-corrected chi connectivity index (χ3v) is 2.59. The normalized spacial score (nSPS) is 11.3. The molecular weight excluding hydrogens is 280 g/mol. The lowest BCUT2D eigenvalue weighted by atomic mass is 10.2. The maximum absolute atomic E-state index is 11.6. The molecule has 114 valence electrons. The summed E-state index contributed by atoms with van der Waals surface area (Å²) in [6.45, 7) is -0.422. The van der Waals surface area contributed by atoms with Gasteiger partial charge in [-0.3, -0.25) is 10.1 Å². The third-order valence-electron chi connectivity index (χ3n) is 2.59. The van der Waals surface area contributed by atoms with Gasteiger partial charge in [-0.25, -0.2) is 9.59 Å². The van der Waals surface area contributed by atoms with Gasteiger partial charge in [0.15, 0.2) is 0 Å². The molecule has 0 spiro atoms. The van der Waals surface area contributed by atoms with Gasteiger partial charge in [0.25, 0.3) is 0 Å². The van der Waals surface area contributed by atoms with Crippen LogP contribution in [0.25, 0.3) is 0 Å². The Morgan fingerprint density at radius 1 is 1.33 bits per heavy atom. The highest BCUT2D eigenvalue weighted by atomic mass is 16.6. The molecule has 8 heteroatoms. The number of alkyl carbamates (subject to hydrolysis) is 1. The number of nitrogens with one attached hydrogen (secondary N) is 1. The summed E-state index contributed by atoms with van der Waals surface area (Å²) in [5.74, 6) is -0.756. The van der Waals surface area contributed by atoms with E-state index in [0.717, 1.165) is 12.7 Å². The van der Waals surface area contributed by atoms with E-state index in [4.69, 9.17) is 4.74 Å². The molecule has 1 aromatic rings. The molecule has 0 saturated heterocycles. The summed E-state index contributed by atoms with van der Waals surface area (Å²) in [4.78, 5) is 32.7.